The van der Waals surface area contributed by atoms with Gasteiger partial charge >= 0.3 is 0 Å². The fourth-order valence-corrected chi connectivity index (χ4v) is 3.28. The lowest BCUT2D eigenvalue weighted by molar-refractivity contribution is -0.122. The largest absolute Gasteiger partial charge is 0.494 e. The van der Waals surface area contributed by atoms with Crippen LogP contribution in [0.25, 0.3) is 6.08 Å². The van der Waals surface area contributed by atoms with Gasteiger partial charge < -0.3 is 4.74 Å². The van der Waals surface area contributed by atoms with Gasteiger partial charge in [0, 0.05) is 10.5 Å². The Morgan fingerprint density at radius 1 is 1.25 bits per heavy atom. The molecule has 0 spiro atoms. The zero-order valence-corrected chi connectivity index (χ0v) is 17.1. The monoisotopic (exact) mass is 442 g/mol. The quantitative estimate of drug-likeness (QED) is 0.452. The van der Waals surface area contributed by atoms with Gasteiger partial charge in [0.2, 0.25) is 0 Å². The molecule has 1 amide bonds. The Morgan fingerprint density at radius 3 is 2.86 bits per heavy atom. The number of ether oxygens (including phenoxy) is 1. The predicted molar refractivity (Wildman–Crippen MR) is 115 cm³/mol. The van der Waals surface area contributed by atoms with Crippen LogP contribution in [0.3, 0.4) is 0 Å². The maximum absolute atomic E-state index is 12.3. The summed E-state index contributed by atoms with van der Waals surface area (Å²) in [5.41, 5.74) is 10.9. The van der Waals surface area contributed by atoms with Gasteiger partial charge in [-0.05, 0) is 58.6 Å². The van der Waals surface area contributed by atoms with Crippen molar-refractivity contribution in [2.75, 3.05) is 6.61 Å². The molecule has 1 aliphatic heterocycles. The molecule has 0 aromatic heterocycles. The first-order valence-corrected chi connectivity index (χ1v) is 9.94. The number of hydrazine groups is 1. The van der Waals surface area contributed by atoms with E-state index in [4.69, 9.17) is 4.74 Å². The van der Waals surface area contributed by atoms with Crippen LogP contribution in [0.4, 0.5) is 0 Å². The second-order valence-electron chi connectivity index (χ2n) is 6.31. The molecule has 2 unspecified atom stereocenters. The van der Waals surface area contributed by atoms with Crippen molar-refractivity contribution in [3.8, 4) is 5.75 Å². The predicted octanol–water partition coefficient (Wildman–Crippen LogP) is 3.53. The molecule has 0 aliphatic carbocycles. The molecular weight excluding hydrogens is 420 g/mol. The van der Waals surface area contributed by atoms with Crippen molar-refractivity contribution in [3.05, 3.63) is 70.2 Å². The fourth-order valence-electron chi connectivity index (χ4n) is 2.92. The number of hydrogen-bond donors (Lipinski definition) is 3. The Labute approximate surface area is 173 Å². The minimum absolute atomic E-state index is 0.0323. The van der Waals surface area contributed by atoms with Crippen LogP contribution in [-0.2, 0) is 4.79 Å². The normalized spacial score (nSPS) is 19.7. The number of allylic oxidation sites excluding steroid dienone is 1. The first-order chi connectivity index (χ1) is 13.7. The Bertz CT molecular complexity index is 854. The molecule has 1 heterocycles. The van der Waals surface area contributed by atoms with Gasteiger partial charge in [0.25, 0.3) is 5.91 Å². The van der Waals surface area contributed by atoms with E-state index in [1.165, 1.54) is 0 Å². The Kier molecular flexibility index (Phi) is 7.36. The van der Waals surface area contributed by atoms with Crippen LogP contribution in [0.2, 0.25) is 0 Å². The van der Waals surface area contributed by atoms with Crippen molar-refractivity contribution in [3.63, 3.8) is 0 Å². The molecule has 2 atom stereocenters. The molecular formula is C21H23BrN4O2. The van der Waals surface area contributed by atoms with E-state index in [1.54, 1.807) is 6.21 Å². The number of nitrogens with zero attached hydrogens (tertiary/aromatic N) is 1. The van der Waals surface area contributed by atoms with Crippen LogP contribution in [0.15, 0.2) is 64.2 Å². The molecule has 0 radical (unpaired) electrons. The van der Waals surface area contributed by atoms with E-state index in [9.17, 15) is 4.79 Å². The number of carbonyl (C=O) groups is 1. The third-order valence-corrected chi connectivity index (χ3v) is 4.69. The highest BCUT2D eigenvalue weighted by Crippen LogP contribution is 2.25. The summed E-state index contributed by atoms with van der Waals surface area (Å²) >= 11 is 3.43. The van der Waals surface area contributed by atoms with Crippen molar-refractivity contribution in [2.24, 2.45) is 5.10 Å². The summed E-state index contributed by atoms with van der Waals surface area (Å²) in [7, 11) is 0. The highest BCUT2D eigenvalue weighted by atomic mass is 79.9. The number of rotatable bonds is 7. The van der Waals surface area contributed by atoms with Crippen LogP contribution >= 0.6 is 15.9 Å². The maximum atomic E-state index is 12.3. The molecule has 28 heavy (non-hydrogen) atoms. The number of hydrazone groups is 1. The molecule has 0 bridgehead atoms. The third-order valence-electron chi connectivity index (χ3n) is 4.26. The number of carbonyl (C=O) groups excluding carboxylic acids is 1. The number of benzene rings is 2. The van der Waals surface area contributed by atoms with E-state index in [-0.39, 0.29) is 18.0 Å². The Hall–Kier alpha value is -2.48. The molecule has 2 aromatic carbocycles. The van der Waals surface area contributed by atoms with Crippen LogP contribution < -0.4 is 21.0 Å². The van der Waals surface area contributed by atoms with Gasteiger partial charge in [0.05, 0.1) is 12.8 Å². The zero-order valence-electron chi connectivity index (χ0n) is 15.6. The van der Waals surface area contributed by atoms with Gasteiger partial charge in [0.15, 0.2) is 0 Å². The standard InChI is InChI=1S/C21H23BrN4O2/c1-2-28-18-10-6-9-16(12-18)19-13-20(25-24-19)21(27)26-23-14-17(22)11-15-7-4-3-5-8-15/h3-12,14,19-20,24-25H,2,13H2,1H3,(H,26,27)/b17-11-,23-14+. The third kappa shape index (κ3) is 5.76. The van der Waals surface area contributed by atoms with E-state index >= 15 is 0 Å². The Morgan fingerprint density at radius 2 is 2.07 bits per heavy atom. The van der Waals surface area contributed by atoms with Gasteiger partial charge in [-0.3, -0.25) is 4.79 Å². The van der Waals surface area contributed by atoms with Crippen molar-refractivity contribution >= 4 is 34.1 Å². The van der Waals surface area contributed by atoms with Gasteiger partial charge in [0.1, 0.15) is 11.8 Å². The first kappa shape index (κ1) is 20.3. The second-order valence-corrected chi connectivity index (χ2v) is 7.22. The summed E-state index contributed by atoms with van der Waals surface area (Å²) in [5, 5.41) is 4.02. The van der Waals surface area contributed by atoms with Gasteiger partial charge in [-0.2, -0.15) is 5.10 Å². The van der Waals surface area contributed by atoms with Crippen LogP contribution in [0.5, 0.6) is 5.75 Å². The summed E-state index contributed by atoms with van der Waals surface area (Å²) in [6.07, 6.45) is 4.11. The lowest BCUT2D eigenvalue weighted by Gasteiger charge is -2.11. The molecule has 1 fully saturated rings. The number of amides is 1. The van der Waals surface area contributed by atoms with Crippen molar-refractivity contribution in [1.82, 2.24) is 16.3 Å². The fraction of sp³-hybridized carbons (Fsp3) is 0.238. The van der Waals surface area contributed by atoms with Gasteiger partial charge in [-0.25, -0.2) is 16.3 Å². The van der Waals surface area contributed by atoms with Crippen molar-refractivity contribution < 1.29 is 9.53 Å². The average molecular weight is 443 g/mol. The minimum Gasteiger partial charge on any atom is -0.494 e. The summed E-state index contributed by atoms with van der Waals surface area (Å²) in [6, 6.07) is 17.4. The summed E-state index contributed by atoms with van der Waals surface area (Å²) < 4.78 is 6.31. The number of halogens is 1. The van der Waals surface area contributed by atoms with Crippen molar-refractivity contribution in [2.45, 2.75) is 25.4 Å². The number of nitrogens with one attached hydrogen (secondary N) is 3. The molecule has 1 aliphatic rings. The van der Waals surface area contributed by atoms with Crippen LogP contribution in [0, 0.1) is 0 Å². The van der Waals surface area contributed by atoms with E-state index in [0.717, 1.165) is 21.4 Å². The second kappa shape index (κ2) is 10.2. The van der Waals surface area contributed by atoms with Crippen LogP contribution in [0.1, 0.15) is 30.5 Å². The molecule has 2 aromatic rings. The Balaban J connectivity index is 1.52. The zero-order chi connectivity index (χ0) is 19.8. The van der Waals surface area contributed by atoms with Gasteiger partial charge in [-0.15, -0.1) is 0 Å². The lowest BCUT2D eigenvalue weighted by atomic mass is 10.0. The molecule has 3 rings (SSSR count). The summed E-state index contributed by atoms with van der Waals surface area (Å²) in [4.78, 5) is 12.3. The van der Waals surface area contributed by atoms with Gasteiger partial charge in [-0.1, -0.05) is 42.5 Å². The molecule has 1 saturated heterocycles. The molecule has 6 nitrogen and oxygen atoms in total. The minimum atomic E-state index is -0.366. The molecule has 7 heteroatoms. The van der Waals surface area contributed by atoms with Crippen molar-refractivity contribution in [1.29, 1.82) is 0 Å². The van der Waals surface area contributed by atoms with E-state index < -0.39 is 0 Å². The summed E-state index contributed by atoms with van der Waals surface area (Å²) in [6.45, 7) is 2.58. The topological polar surface area (TPSA) is 74.8 Å². The highest BCUT2D eigenvalue weighted by Gasteiger charge is 2.30. The molecule has 146 valence electrons. The lowest BCUT2D eigenvalue weighted by Crippen LogP contribution is -2.41. The maximum Gasteiger partial charge on any atom is 0.258 e. The smallest absolute Gasteiger partial charge is 0.258 e. The van der Waals surface area contributed by atoms with E-state index in [1.807, 2.05) is 67.6 Å². The summed E-state index contributed by atoms with van der Waals surface area (Å²) in [5.74, 6) is 0.640. The molecule has 0 saturated carbocycles. The SMILES string of the molecule is CCOc1cccc(C2CC(C(=O)N/N=C/C(Br)=C/c3ccccc3)NN2)c1. The average Bonchev–Trinajstić information content (AvgIpc) is 3.20. The van der Waals surface area contributed by atoms with E-state index in [0.29, 0.717) is 13.0 Å². The highest BCUT2D eigenvalue weighted by molar-refractivity contribution is 9.12. The van der Waals surface area contributed by atoms with Crippen LogP contribution in [-0.4, -0.2) is 24.8 Å². The molecule has 3 N–H and O–H groups in total. The van der Waals surface area contributed by atoms with E-state index in [2.05, 4.69) is 37.3 Å². The first-order valence-electron chi connectivity index (χ1n) is 9.14. The number of hydrogen-bond acceptors (Lipinski definition) is 5.